The van der Waals surface area contributed by atoms with Gasteiger partial charge in [0.1, 0.15) is 5.82 Å². The van der Waals surface area contributed by atoms with Gasteiger partial charge in [0.05, 0.1) is 6.10 Å². The van der Waals surface area contributed by atoms with Crippen LogP contribution >= 0.6 is 0 Å². The van der Waals surface area contributed by atoms with Gasteiger partial charge in [0.15, 0.2) is 0 Å². The Kier molecular flexibility index (Phi) is 3.74. The fourth-order valence-corrected chi connectivity index (χ4v) is 1.98. The van der Waals surface area contributed by atoms with Gasteiger partial charge in [0, 0.05) is 32.9 Å². The summed E-state index contributed by atoms with van der Waals surface area (Å²) in [6.07, 6.45) is 4.49. The molecule has 0 saturated carbocycles. The van der Waals surface area contributed by atoms with Crippen molar-refractivity contribution in [2.24, 2.45) is 5.73 Å². The molecule has 1 aliphatic heterocycles. The second-order valence-electron chi connectivity index (χ2n) is 4.24. The molecule has 4 heteroatoms. The standard InChI is InChI=1S/C12H19N3O/c1-15(9-11-3-2-6-16-11)12-7-10(8-13)4-5-14-12/h4-5,7,11H,2-3,6,8-9,13H2,1H3. The topological polar surface area (TPSA) is 51.4 Å². The maximum absolute atomic E-state index is 5.61. The highest BCUT2D eigenvalue weighted by Crippen LogP contribution is 2.16. The minimum absolute atomic E-state index is 0.355. The summed E-state index contributed by atoms with van der Waals surface area (Å²) in [5.74, 6) is 0.971. The molecule has 16 heavy (non-hydrogen) atoms. The van der Waals surface area contributed by atoms with E-state index in [0.29, 0.717) is 12.6 Å². The highest BCUT2D eigenvalue weighted by molar-refractivity contribution is 5.40. The normalized spacial score (nSPS) is 20.0. The average molecular weight is 221 g/mol. The van der Waals surface area contributed by atoms with Crippen LogP contribution in [0.5, 0.6) is 0 Å². The molecular weight excluding hydrogens is 202 g/mol. The number of aromatic nitrogens is 1. The summed E-state index contributed by atoms with van der Waals surface area (Å²) in [7, 11) is 2.05. The summed E-state index contributed by atoms with van der Waals surface area (Å²) in [6.45, 7) is 2.36. The van der Waals surface area contributed by atoms with Gasteiger partial charge in [-0.3, -0.25) is 0 Å². The van der Waals surface area contributed by atoms with Crippen LogP contribution in [0.25, 0.3) is 0 Å². The van der Waals surface area contributed by atoms with Gasteiger partial charge in [-0.2, -0.15) is 0 Å². The minimum atomic E-state index is 0.355. The first-order valence-corrected chi connectivity index (χ1v) is 5.77. The molecule has 1 atom stereocenters. The summed E-state index contributed by atoms with van der Waals surface area (Å²) in [5.41, 5.74) is 6.73. The van der Waals surface area contributed by atoms with Crippen LogP contribution in [0.15, 0.2) is 18.3 Å². The Hall–Kier alpha value is -1.13. The lowest BCUT2D eigenvalue weighted by Crippen LogP contribution is -2.29. The third kappa shape index (κ3) is 2.71. The van der Waals surface area contributed by atoms with Crippen LogP contribution < -0.4 is 10.6 Å². The number of hydrogen-bond donors (Lipinski definition) is 1. The predicted molar refractivity (Wildman–Crippen MR) is 64.4 cm³/mol. The number of likely N-dealkylation sites (N-methyl/N-ethyl adjacent to an activating group) is 1. The molecule has 0 aromatic carbocycles. The molecule has 2 rings (SSSR count). The van der Waals surface area contributed by atoms with Gasteiger partial charge >= 0.3 is 0 Å². The van der Waals surface area contributed by atoms with Gasteiger partial charge in [-0.1, -0.05) is 0 Å². The van der Waals surface area contributed by atoms with Crippen molar-refractivity contribution in [3.8, 4) is 0 Å². The molecule has 2 N–H and O–H groups in total. The zero-order chi connectivity index (χ0) is 11.4. The summed E-state index contributed by atoms with van der Waals surface area (Å²) in [6, 6.07) is 3.98. The monoisotopic (exact) mass is 221 g/mol. The van der Waals surface area contributed by atoms with E-state index in [1.54, 1.807) is 0 Å². The number of pyridine rings is 1. The van der Waals surface area contributed by atoms with Crippen molar-refractivity contribution in [3.63, 3.8) is 0 Å². The third-order valence-electron chi connectivity index (χ3n) is 2.94. The van der Waals surface area contributed by atoms with E-state index in [1.165, 1.54) is 6.42 Å². The number of nitrogens with two attached hydrogens (primary N) is 1. The fraction of sp³-hybridized carbons (Fsp3) is 0.583. The van der Waals surface area contributed by atoms with Gasteiger partial charge in [-0.25, -0.2) is 4.98 Å². The molecular formula is C12H19N3O. The van der Waals surface area contributed by atoms with Crippen molar-refractivity contribution in [2.45, 2.75) is 25.5 Å². The maximum atomic E-state index is 5.61. The highest BCUT2D eigenvalue weighted by Gasteiger charge is 2.17. The highest BCUT2D eigenvalue weighted by atomic mass is 16.5. The molecule has 1 fully saturated rings. The van der Waals surface area contributed by atoms with Crippen LogP contribution in [0.3, 0.4) is 0 Å². The van der Waals surface area contributed by atoms with Crippen molar-refractivity contribution in [1.29, 1.82) is 0 Å². The van der Waals surface area contributed by atoms with Crippen molar-refractivity contribution in [2.75, 3.05) is 25.1 Å². The van der Waals surface area contributed by atoms with Crippen LogP contribution in [-0.4, -0.2) is 31.3 Å². The second-order valence-corrected chi connectivity index (χ2v) is 4.24. The molecule has 0 bridgehead atoms. The molecule has 0 aliphatic carbocycles. The molecule has 1 aromatic heterocycles. The van der Waals surface area contributed by atoms with Crippen LogP contribution in [0.4, 0.5) is 5.82 Å². The molecule has 1 aromatic rings. The zero-order valence-electron chi connectivity index (χ0n) is 9.72. The minimum Gasteiger partial charge on any atom is -0.376 e. The van der Waals surface area contributed by atoms with Crippen LogP contribution in [0, 0.1) is 0 Å². The quantitative estimate of drug-likeness (QED) is 0.829. The molecule has 1 saturated heterocycles. The summed E-state index contributed by atoms with van der Waals surface area (Å²) in [5, 5.41) is 0. The summed E-state index contributed by atoms with van der Waals surface area (Å²) in [4.78, 5) is 6.48. The van der Waals surface area contributed by atoms with E-state index in [1.807, 2.05) is 25.4 Å². The molecule has 88 valence electrons. The van der Waals surface area contributed by atoms with E-state index in [-0.39, 0.29) is 0 Å². The Labute approximate surface area is 96.4 Å². The number of nitrogens with zero attached hydrogens (tertiary/aromatic N) is 2. The van der Waals surface area contributed by atoms with E-state index in [2.05, 4.69) is 9.88 Å². The van der Waals surface area contributed by atoms with Crippen LogP contribution in [0.2, 0.25) is 0 Å². The first kappa shape index (κ1) is 11.4. The maximum Gasteiger partial charge on any atom is 0.128 e. The largest absolute Gasteiger partial charge is 0.376 e. The average Bonchev–Trinajstić information content (AvgIpc) is 2.82. The van der Waals surface area contributed by atoms with Crippen molar-refractivity contribution in [3.05, 3.63) is 23.9 Å². The van der Waals surface area contributed by atoms with Gasteiger partial charge in [0.25, 0.3) is 0 Å². The summed E-state index contributed by atoms with van der Waals surface area (Å²) < 4.78 is 5.61. The molecule has 4 nitrogen and oxygen atoms in total. The number of hydrogen-bond acceptors (Lipinski definition) is 4. The second kappa shape index (κ2) is 5.27. The lowest BCUT2D eigenvalue weighted by molar-refractivity contribution is 0.116. The first-order valence-electron chi connectivity index (χ1n) is 5.77. The van der Waals surface area contributed by atoms with Crippen LogP contribution in [0.1, 0.15) is 18.4 Å². The van der Waals surface area contributed by atoms with Crippen molar-refractivity contribution < 1.29 is 4.74 Å². The van der Waals surface area contributed by atoms with Gasteiger partial charge in [-0.05, 0) is 30.5 Å². The van der Waals surface area contributed by atoms with E-state index < -0.39 is 0 Å². The Bertz CT molecular complexity index is 337. The van der Waals surface area contributed by atoms with Gasteiger partial charge < -0.3 is 15.4 Å². The molecule has 1 aliphatic rings. The molecule has 2 heterocycles. The van der Waals surface area contributed by atoms with Crippen molar-refractivity contribution >= 4 is 5.82 Å². The third-order valence-corrected chi connectivity index (χ3v) is 2.94. The van der Waals surface area contributed by atoms with E-state index in [4.69, 9.17) is 10.5 Å². The van der Waals surface area contributed by atoms with Crippen molar-refractivity contribution in [1.82, 2.24) is 4.98 Å². The lowest BCUT2D eigenvalue weighted by atomic mass is 10.2. The van der Waals surface area contributed by atoms with Gasteiger partial charge in [0.2, 0.25) is 0 Å². The zero-order valence-corrected chi connectivity index (χ0v) is 9.72. The lowest BCUT2D eigenvalue weighted by Gasteiger charge is -2.22. The van der Waals surface area contributed by atoms with Crippen LogP contribution in [-0.2, 0) is 11.3 Å². The molecule has 0 radical (unpaired) electrons. The Morgan fingerprint density at radius 3 is 3.19 bits per heavy atom. The smallest absolute Gasteiger partial charge is 0.128 e. The molecule has 0 amide bonds. The Balaban J connectivity index is 1.98. The Morgan fingerprint density at radius 1 is 1.62 bits per heavy atom. The number of anilines is 1. The van der Waals surface area contributed by atoms with E-state index in [9.17, 15) is 0 Å². The van der Waals surface area contributed by atoms with E-state index >= 15 is 0 Å². The molecule has 1 unspecified atom stereocenters. The van der Waals surface area contributed by atoms with Gasteiger partial charge in [-0.15, -0.1) is 0 Å². The van der Waals surface area contributed by atoms with E-state index in [0.717, 1.165) is 31.0 Å². The number of rotatable bonds is 4. The predicted octanol–water partition coefficient (Wildman–Crippen LogP) is 1.16. The Morgan fingerprint density at radius 2 is 2.50 bits per heavy atom. The SMILES string of the molecule is CN(CC1CCCO1)c1cc(CN)ccn1. The molecule has 0 spiro atoms. The fourth-order valence-electron chi connectivity index (χ4n) is 1.98. The number of ether oxygens (including phenoxy) is 1. The summed E-state index contributed by atoms with van der Waals surface area (Å²) >= 11 is 0. The first-order chi connectivity index (χ1) is 7.79.